The molecular weight excluding hydrogens is 148 g/mol. The fourth-order valence-corrected chi connectivity index (χ4v) is 1.65. The molecule has 0 aliphatic carbocycles. The molecule has 1 nitrogen and oxygen atoms in total. The number of hydrogen-bond donors (Lipinski definition) is 0. The van der Waals surface area contributed by atoms with Gasteiger partial charge in [-0.25, -0.2) is 0 Å². The number of hydrogen-bond acceptors (Lipinski definition) is 1. The van der Waals surface area contributed by atoms with Crippen molar-refractivity contribution in [3.63, 3.8) is 0 Å². The molecule has 1 heterocycles. The van der Waals surface area contributed by atoms with Crippen LogP contribution in [0.4, 0.5) is 0 Å². The van der Waals surface area contributed by atoms with E-state index in [1.807, 2.05) is 6.07 Å². The van der Waals surface area contributed by atoms with Crippen LogP contribution in [-0.4, -0.2) is 6.61 Å². The van der Waals surface area contributed by atoms with E-state index in [0.29, 0.717) is 0 Å². The van der Waals surface area contributed by atoms with E-state index >= 15 is 0 Å². The molecule has 1 radical (unpaired) electrons. The minimum absolute atomic E-state index is 0.873. The van der Waals surface area contributed by atoms with Gasteiger partial charge in [0.05, 0.1) is 6.61 Å². The van der Waals surface area contributed by atoms with Crippen LogP contribution in [0.2, 0.25) is 0 Å². The van der Waals surface area contributed by atoms with Gasteiger partial charge in [0.2, 0.25) is 0 Å². The third kappa shape index (κ3) is 1.20. The zero-order valence-electron chi connectivity index (χ0n) is 7.39. The van der Waals surface area contributed by atoms with Gasteiger partial charge < -0.3 is 4.74 Å². The molecular formula is C11H13O. The molecule has 0 bridgehead atoms. The Morgan fingerprint density at radius 2 is 2.50 bits per heavy atom. The second-order valence-electron chi connectivity index (χ2n) is 3.12. The van der Waals surface area contributed by atoms with Crippen LogP contribution in [0.3, 0.4) is 0 Å². The molecule has 0 unspecified atom stereocenters. The van der Waals surface area contributed by atoms with E-state index in [9.17, 15) is 0 Å². The summed E-state index contributed by atoms with van der Waals surface area (Å²) in [5, 5.41) is 0. The second kappa shape index (κ2) is 3.18. The summed E-state index contributed by atoms with van der Waals surface area (Å²) in [6.45, 7) is 3.02. The van der Waals surface area contributed by atoms with Gasteiger partial charge >= 0.3 is 0 Å². The standard InChI is InChI=1S/C11H13O/c1-2-9-5-3-6-10-7-4-8-12-11(9)10/h3,6H,2,4,7-8H2,1H3. The summed E-state index contributed by atoms with van der Waals surface area (Å²) in [5.74, 6) is 1.10. The van der Waals surface area contributed by atoms with Gasteiger partial charge in [-0.05, 0) is 30.9 Å². The molecule has 12 heavy (non-hydrogen) atoms. The van der Waals surface area contributed by atoms with Crippen LogP contribution < -0.4 is 4.74 Å². The molecule has 0 saturated carbocycles. The van der Waals surface area contributed by atoms with E-state index in [0.717, 1.165) is 31.6 Å². The van der Waals surface area contributed by atoms with Crippen molar-refractivity contribution in [3.05, 3.63) is 29.3 Å². The molecule has 0 atom stereocenters. The van der Waals surface area contributed by atoms with E-state index in [2.05, 4.69) is 19.1 Å². The molecule has 0 fully saturated rings. The zero-order valence-corrected chi connectivity index (χ0v) is 7.39. The molecule has 1 aromatic rings. The smallest absolute Gasteiger partial charge is 0.126 e. The summed E-state index contributed by atoms with van der Waals surface area (Å²) in [5.41, 5.74) is 2.59. The predicted molar refractivity (Wildman–Crippen MR) is 48.5 cm³/mol. The maximum absolute atomic E-state index is 5.61. The highest BCUT2D eigenvalue weighted by Gasteiger charge is 2.12. The van der Waals surface area contributed by atoms with Gasteiger partial charge in [-0.3, -0.25) is 0 Å². The summed E-state index contributed by atoms with van der Waals surface area (Å²) >= 11 is 0. The maximum atomic E-state index is 5.61. The van der Waals surface area contributed by atoms with Gasteiger partial charge in [-0.2, -0.15) is 0 Å². The summed E-state index contributed by atoms with van der Waals surface area (Å²) in [6.07, 6.45) is 3.33. The molecule has 0 aromatic heterocycles. The highest BCUT2D eigenvalue weighted by atomic mass is 16.5. The van der Waals surface area contributed by atoms with Crippen LogP contribution in [0.5, 0.6) is 5.75 Å². The van der Waals surface area contributed by atoms with Gasteiger partial charge in [0.25, 0.3) is 0 Å². The lowest BCUT2D eigenvalue weighted by Crippen LogP contribution is -2.10. The van der Waals surface area contributed by atoms with Crippen molar-refractivity contribution >= 4 is 0 Å². The molecule has 1 aliphatic heterocycles. The second-order valence-corrected chi connectivity index (χ2v) is 3.12. The minimum atomic E-state index is 0.873. The number of aryl methyl sites for hydroxylation is 2. The normalized spacial score (nSPS) is 15.1. The molecule has 0 amide bonds. The van der Waals surface area contributed by atoms with Crippen molar-refractivity contribution in [1.29, 1.82) is 0 Å². The predicted octanol–water partition coefficient (Wildman–Crippen LogP) is 2.37. The Kier molecular flexibility index (Phi) is 2.03. The van der Waals surface area contributed by atoms with Crippen molar-refractivity contribution in [2.75, 3.05) is 6.61 Å². The molecule has 1 heteroatoms. The van der Waals surface area contributed by atoms with Crippen molar-refractivity contribution in [3.8, 4) is 5.75 Å². The highest BCUT2D eigenvalue weighted by Crippen LogP contribution is 2.28. The first kappa shape index (κ1) is 7.66. The van der Waals surface area contributed by atoms with E-state index in [4.69, 9.17) is 4.74 Å². The molecule has 2 rings (SSSR count). The van der Waals surface area contributed by atoms with Gasteiger partial charge in [-0.1, -0.05) is 19.1 Å². The van der Waals surface area contributed by atoms with Crippen LogP contribution in [0, 0.1) is 6.07 Å². The van der Waals surface area contributed by atoms with E-state index in [1.54, 1.807) is 0 Å². The summed E-state index contributed by atoms with van der Waals surface area (Å²) < 4.78 is 5.61. The summed E-state index contributed by atoms with van der Waals surface area (Å²) in [7, 11) is 0. The number of rotatable bonds is 1. The Balaban J connectivity index is 2.44. The summed E-state index contributed by atoms with van der Waals surface area (Å²) in [4.78, 5) is 0. The van der Waals surface area contributed by atoms with Gasteiger partial charge in [0, 0.05) is 5.56 Å². The number of benzene rings is 1. The van der Waals surface area contributed by atoms with Crippen LogP contribution in [-0.2, 0) is 12.8 Å². The monoisotopic (exact) mass is 161 g/mol. The summed E-state index contributed by atoms with van der Waals surface area (Å²) in [6, 6.07) is 7.35. The Morgan fingerprint density at radius 3 is 3.33 bits per heavy atom. The Bertz CT molecular complexity index is 264. The molecule has 0 N–H and O–H groups in total. The largest absolute Gasteiger partial charge is 0.493 e. The fraction of sp³-hybridized carbons (Fsp3) is 0.455. The lowest BCUT2D eigenvalue weighted by Gasteiger charge is -2.19. The molecule has 0 spiro atoms. The number of fused-ring (bicyclic) bond motifs is 1. The van der Waals surface area contributed by atoms with Gasteiger partial charge in [0.1, 0.15) is 5.75 Å². The van der Waals surface area contributed by atoms with Crippen molar-refractivity contribution < 1.29 is 4.74 Å². The van der Waals surface area contributed by atoms with E-state index in [1.165, 1.54) is 11.1 Å². The Morgan fingerprint density at radius 1 is 1.58 bits per heavy atom. The average Bonchev–Trinajstić information content (AvgIpc) is 2.17. The number of ether oxygens (including phenoxy) is 1. The van der Waals surface area contributed by atoms with Crippen molar-refractivity contribution in [1.82, 2.24) is 0 Å². The van der Waals surface area contributed by atoms with Crippen molar-refractivity contribution in [2.45, 2.75) is 26.2 Å². The minimum Gasteiger partial charge on any atom is -0.493 e. The SMILES string of the molecule is CCc1[c]ccc2c1OCCC2. The molecule has 1 aliphatic rings. The first-order valence-electron chi connectivity index (χ1n) is 4.57. The third-order valence-electron chi connectivity index (χ3n) is 2.30. The van der Waals surface area contributed by atoms with Crippen molar-refractivity contribution in [2.24, 2.45) is 0 Å². The van der Waals surface area contributed by atoms with Crippen LogP contribution in [0.25, 0.3) is 0 Å². The lowest BCUT2D eigenvalue weighted by molar-refractivity contribution is 0.285. The van der Waals surface area contributed by atoms with Crippen LogP contribution in [0.15, 0.2) is 12.1 Å². The van der Waals surface area contributed by atoms with Gasteiger partial charge in [0.15, 0.2) is 0 Å². The zero-order chi connectivity index (χ0) is 8.39. The molecule has 63 valence electrons. The molecule has 0 saturated heterocycles. The first-order valence-corrected chi connectivity index (χ1v) is 4.57. The fourth-order valence-electron chi connectivity index (χ4n) is 1.65. The van der Waals surface area contributed by atoms with E-state index in [-0.39, 0.29) is 0 Å². The Hall–Kier alpha value is -0.980. The van der Waals surface area contributed by atoms with Crippen LogP contribution >= 0.6 is 0 Å². The lowest BCUT2D eigenvalue weighted by atomic mass is 10.0. The van der Waals surface area contributed by atoms with Crippen LogP contribution in [0.1, 0.15) is 24.5 Å². The average molecular weight is 161 g/mol. The quantitative estimate of drug-likeness (QED) is 0.614. The third-order valence-corrected chi connectivity index (χ3v) is 2.30. The topological polar surface area (TPSA) is 9.23 Å². The maximum Gasteiger partial charge on any atom is 0.126 e. The Labute approximate surface area is 73.4 Å². The highest BCUT2D eigenvalue weighted by molar-refractivity contribution is 5.41. The van der Waals surface area contributed by atoms with E-state index < -0.39 is 0 Å². The molecule has 1 aromatic carbocycles. The first-order chi connectivity index (χ1) is 5.92. The van der Waals surface area contributed by atoms with Gasteiger partial charge in [-0.15, -0.1) is 0 Å².